The van der Waals surface area contributed by atoms with E-state index >= 15 is 0 Å². The predicted molar refractivity (Wildman–Crippen MR) is 116 cm³/mol. The molecule has 0 radical (unpaired) electrons. The Labute approximate surface area is 177 Å². The fourth-order valence-electron chi connectivity index (χ4n) is 4.20. The van der Waals surface area contributed by atoms with Crippen molar-refractivity contribution < 1.29 is 9.59 Å². The van der Waals surface area contributed by atoms with Gasteiger partial charge in [-0.1, -0.05) is 43.7 Å². The second kappa shape index (κ2) is 7.39. The fourth-order valence-corrected chi connectivity index (χ4v) is 4.20. The first-order valence-corrected chi connectivity index (χ1v) is 10.3. The van der Waals surface area contributed by atoms with Crippen molar-refractivity contribution in [3.8, 4) is 5.95 Å². The third-order valence-corrected chi connectivity index (χ3v) is 5.60. The molecular weight excluding hydrogens is 394 g/mol. The molecule has 1 unspecified atom stereocenters. The van der Waals surface area contributed by atoms with Gasteiger partial charge in [0.15, 0.2) is 0 Å². The lowest BCUT2D eigenvalue weighted by atomic mass is 9.96. The van der Waals surface area contributed by atoms with Crippen molar-refractivity contribution in [2.45, 2.75) is 32.1 Å². The normalized spacial score (nSPS) is 16.5. The number of nitrogens with one attached hydrogen (secondary N) is 2. The number of para-hydroxylation sites is 3. The number of imide groups is 1. The van der Waals surface area contributed by atoms with Gasteiger partial charge in [-0.3, -0.25) is 24.4 Å². The number of H-pyrrole nitrogens is 2. The van der Waals surface area contributed by atoms with E-state index in [-0.39, 0.29) is 23.8 Å². The van der Waals surface area contributed by atoms with Gasteiger partial charge in [0.2, 0.25) is 17.8 Å². The summed E-state index contributed by atoms with van der Waals surface area (Å²) in [5, 5.41) is 3.12. The van der Waals surface area contributed by atoms with Gasteiger partial charge >= 0.3 is 0 Å². The van der Waals surface area contributed by atoms with Crippen LogP contribution in [0.2, 0.25) is 0 Å². The van der Waals surface area contributed by atoms with Crippen LogP contribution in [0.3, 0.4) is 0 Å². The predicted octanol–water partition coefficient (Wildman–Crippen LogP) is 3.04. The Morgan fingerprint density at radius 3 is 2.52 bits per heavy atom. The molecular formula is C23H21N5O3. The van der Waals surface area contributed by atoms with Crippen molar-refractivity contribution in [3.05, 3.63) is 76.2 Å². The minimum atomic E-state index is -0.816. The number of aromatic nitrogens is 4. The van der Waals surface area contributed by atoms with Crippen LogP contribution in [0.4, 0.5) is 5.69 Å². The highest BCUT2D eigenvalue weighted by Gasteiger charge is 2.43. The second-order valence-electron chi connectivity index (χ2n) is 7.63. The van der Waals surface area contributed by atoms with Crippen molar-refractivity contribution in [2.24, 2.45) is 0 Å². The molecule has 1 atom stereocenters. The smallest absolute Gasteiger partial charge is 0.278 e. The first kappa shape index (κ1) is 19.0. The van der Waals surface area contributed by atoms with Crippen LogP contribution in [0.15, 0.2) is 59.4 Å². The summed E-state index contributed by atoms with van der Waals surface area (Å²) in [6.45, 7) is 2.00. The van der Waals surface area contributed by atoms with Crippen molar-refractivity contribution in [1.29, 1.82) is 0 Å². The van der Waals surface area contributed by atoms with E-state index in [1.165, 1.54) is 9.58 Å². The summed E-state index contributed by atoms with van der Waals surface area (Å²) in [5.41, 5.74) is 2.71. The van der Waals surface area contributed by atoms with Gasteiger partial charge in [0.1, 0.15) is 0 Å². The number of carbonyl (C=O) groups is 2. The maximum atomic E-state index is 13.4. The van der Waals surface area contributed by atoms with E-state index in [0.717, 1.165) is 17.5 Å². The standard InChI is InChI=1S/C23H21N5O3/c1-2-8-18-20(15-13-19(29)27(21(15)30)14-9-4-3-5-10-14)22(31)28(26-18)23-24-16-11-6-7-12-17(16)25-23/h3-7,9-12,15,26H,2,8,13H2,1H3,(H,24,25). The molecule has 0 bridgehead atoms. The Hall–Kier alpha value is -3.94. The lowest BCUT2D eigenvalue weighted by Gasteiger charge is -2.14. The molecule has 2 aromatic heterocycles. The Balaban J connectivity index is 1.60. The number of anilines is 1. The number of aryl methyl sites for hydroxylation is 1. The van der Waals surface area contributed by atoms with E-state index in [1.54, 1.807) is 24.3 Å². The molecule has 0 saturated carbocycles. The highest BCUT2D eigenvalue weighted by atomic mass is 16.2. The minimum Gasteiger partial charge on any atom is -0.322 e. The molecule has 1 fully saturated rings. The molecule has 1 aliphatic rings. The molecule has 8 nitrogen and oxygen atoms in total. The SMILES string of the molecule is CCCc1[nH]n(-c2nc3ccccc3[nH]2)c(=O)c1C1CC(=O)N(c2ccccc2)C1=O. The van der Waals surface area contributed by atoms with Crippen molar-refractivity contribution >= 4 is 28.5 Å². The van der Waals surface area contributed by atoms with Gasteiger partial charge in [-0.05, 0) is 30.7 Å². The zero-order valence-corrected chi connectivity index (χ0v) is 17.0. The molecule has 156 valence electrons. The zero-order chi connectivity index (χ0) is 21.5. The summed E-state index contributed by atoms with van der Waals surface area (Å²) < 4.78 is 1.34. The number of hydrogen-bond acceptors (Lipinski definition) is 4. The van der Waals surface area contributed by atoms with E-state index in [0.29, 0.717) is 29.3 Å². The highest BCUT2D eigenvalue weighted by Crippen LogP contribution is 2.33. The lowest BCUT2D eigenvalue weighted by molar-refractivity contribution is -0.121. The van der Waals surface area contributed by atoms with Gasteiger partial charge in [0, 0.05) is 12.1 Å². The van der Waals surface area contributed by atoms with Crippen LogP contribution in [-0.2, 0) is 16.0 Å². The summed E-state index contributed by atoms with van der Waals surface area (Å²) in [6, 6.07) is 16.3. The topological polar surface area (TPSA) is 104 Å². The third kappa shape index (κ3) is 3.07. The summed E-state index contributed by atoms with van der Waals surface area (Å²) in [6.07, 6.45) is 1.34. The Kier molecular flexibility index (Phi) is 4.54. The van der Waals surface area contributed by atoms with Crippen molar-refractivity contribution in [2.75, 3.05) is 4.90 Å². The van der Waals surface area contributed by atoms with Crippen molar-refractivity contribution in [1.82, 2.24) is 19.7 Å². The van der Waals surface area contributed by atoms with Crippen LogP contribution in [0, 0.1) is 0 Å². The quantitative estimate of drug-likeness (QED) is 0.489. The van der Waals surface area contributed by atoms with Crippen molar-refractivity contribution in [3.63, 3.8) is 0 Å². The maximum absolute atomic E-state index is 13.4. The number of hydrogen-bond donors (Lipinski definition) is 2. The number of imidazole rings is 1. The molecule has 2 aromatic carbocycles. The largest absolute Gasteiger partial charge is 0.322 e. The molecule has 31 heavy (non-hydrogen) atoms. The summed E-state index contributed by atoms with van der Waals surface area (Å²) in [5.74, 6) is -1.14. The molecule has 2 amide bonds. The number of fused-ring (bicyclic) bond motifs is 1. The van der Waals surface area contributed by atoms with Crippen LogP contribution < -0.4 is 10.5 Å². The molecule has 4 aromatic rings. The fraction of sp³-hybridized carbons (Fsp3) is 0.217. The molecule has 0 aliphatic carbocycles. The van der Waals surface area contributed by atoms with Gasteiger partial charge in [0.05, 0.1) is 28.2 Å². The second-order valence-corrected chi connectivity index (χ2v) is 7.63. The Morgan fingerprint density at radius 2 is 1.77 bits per heavy atom. The van der Waals surface area contributed by atoms with E-state index < -0.39 is 5.92 Å². The van der Waals surface area contributed by atoms with Gasteiger partial charge in [0.25, 0.3) is 5.56 Å². The van der Waals surface area contributed by atoms with Gasteiger partial charge in [-0.15, -0.1) is 0 Å². The molecule has 3 heterocycles. The molecule has 2 N–H and O–H groups in total. The number of benzene rings is 2. The van der Waals surface area contributed by atoms with Crippen LogP contribution >= 0.6 is 0 Å². The minimum absolute atomic E-state index is 0.0301. The number of amides is 2. The zero-order valence-electron chi connectivity index (χ0n) is 17.0. The highest BCUT2D eigenvalue weighted by molar-refractivity contribution is 6.22. The maximum Gasteiger partial charge on any atom is 0.278 e. The average Bonchev–Trinajstić information content (AvgIpc) is 3.42. The van der Waals surface area contributed by atoms with Crippen LogP contribution in [-0.4, -0.2) is 31.6 Å². The van der Waals surface area contributed by atoms with Gasteiger partial charge < -0.3 is 4.98 Å². The number of carbonyl (C=O) groups excluding carboxylic acids is 2. The lowest BCUT2D eigenvalue weighted by Crippen LogP contribution is -2.31. The molecule has 1 saturated heterocycles. The van der Waals surface area contributed by atoms with E-state index in [9.17, 15) is 14.4 Å². The summed E-state index contributed by atoms with van der Waals surface area (Å²) >= 11 is 0. The Morgan fingerprint density at radius 1 is 1.03 bits per heavy atom. The summed E-state index contributed by atoms with van der Waals surface area (Å²) in [7, 11) is 0. The number of rotatable bonds is 5. The van der Waals surface area contributed by atoms with E-state index in [2.05, 4.69) is 15.1 Å². The first-order valence-electron chi connectivity index (χ1n) is 10.3. The van der Waals surface area contributed by atoms with E-state index in [4.69, 9.17) is 0 Å². The van der Waals surface area contributed by atoms with Gasteiger partial charge in [-0.25, -0.2) is 4.98 Å². The third-order valence-electron chi connectivity index (χ3n) is 5.60. The molecule has 5 rings (SSSR count). The first-order chi connectivity index (χ1) is 15.1. The van der Waals surface area contributed by atoms with Crippen LogP contribution in [0.5, 0.6) is 0 Å². The van der Waals surface area contributed by atoms with Crippen LogP contribution in [0.25, 0.3) is 17.0 Å². The summed E-state index contributed by atoms with van der Waals surface area (Å²) in [4.78, 5) is 48.2. The van der Waals surface area contributed by atoms with Crippen LogP contribution in [0.1, 0.15) is 36.9 Å². The molecule has 8 heteroatoms. The van der Waals surface area contributed by atoms with E-state index in [1.807, 2.05) is 37.3 Å². The molecule has 1 aliphatic heterocycles. The number of aromatic amines is 2. The monoisotopic (exact) mass is 415 g/mol. The number of nitrogens with zero attached hydrogens (tertiary/aromatic N) is 3. The average molecular weight is 415 g/mol. The van der Waals surface area contributed by atoms with Gasteiger partial charge in [-0.2, -0.15) is 4.68 Å². The Bertz CT molecular complexity index is 1320. The molecule has 0 spiro atoms.